The molecule has 0 spiro atoms. The molecule has 0 radical (unpaired) electrons. The Bertz CT molecular complexity index is 615. The topological polar surface area (TPSA) is 38.3 Å². The van der Waals surface area contributed by atoms with Gasteiger partial charge in [0.25, 0.3) is 0 Å². The summed E-state index contributed by atoms with van der Waals surface area (Å²) in [6.07, 6.45) is 0. The van der Waals surface area contributed by atoms with Crippen LogP contribution in [0.2, 0.25) is 5.02 Å². The zero-order valence-corrected chi connectivity index (χ0v) is 12.9. The van der Waals surface area contributed by atoms with Gasteiger partial charge >= 0.3 is 5.97 Å². The van der Waals surface area contributed by atoms with Crippen molar-refractivity contribution >= 4 is 23.3 Å². The molecular formula is C17H18ClNO2. The van der Waals surface area contributed by atoms with Gasteiger partial charge in [0.15, 0.2) is 5.54 Å². The molecule has 1 N–H and O–H groups in total. The first kappa shape index (κ1) is 15.4. The highest BCUT2D eigenvalue weighted by Gasteiger charge is 2.37. The minimum Gasteiger partial charge on any atom is -0.464 e. The molecule has 0 saturated carbocycles. The van der Waals surface area contributed by atoms with Crippen LogP contribution in [0.4, 0.5) is 5.69 Å². The Kier molecular flexibility index (Phi) is 4.86. The van der Waals surface area contributed by atoms with E-state index in [0.717, 1.165) is 11.3 Å². The van der Waals surface area contributed by atoms with E-state index in [1.807, 2.05) is 42.5 Å². The summed E-state index contributed by atoms with van der Waals surface area (Å²) >= 11 is 6.06. The maximum absolute atomic E-state index is 12.5. The van der Waals surface area contributed by atoms with Gasteiger partial charge < -0.3 is 10.1 Å². The van der Waals surface area contributed by atoms with E-state index >= 15 is 0 Å². The molecule has 0 aliphatic rings. The Morgan fingerprint density at radius 3 is 2.52 bits per heavy atom. The van der Waals surface area contributed by atoms with E-state index in [0.29, 0.717) is 11.6 Å². The van der Waals surface area contributed by atoms with Crippen LogP contribution in [0.15, 0.2) is 54.6 Å². The highest BCUT2D eigenvalue weighted by atomic mass is 35.5. The molecule has 4 heteroatoms. The Labute approximate surface area is 129 Å². The molecule has 21 heavy (non-hydrogen) atoms. The highest BCUT2D eigenvalue weighted by Crippen LogP contribution is 2.29. The second-order valence-corrected chi connectivity index (χ2v) is 5.28. The van der Waals surface area contributed by atoms with Crippen LogP contribution in [0.3, 0.4) is 0 Å². The van der Waals surface area contributed by atoms with Crippen molar-refractivity contribution in [1.29, 1.82) is 0 Å². The first-order chi connectivity index (χ1) is 10.1. The minimum atomic E-state index is -0.998. The summed E-state index contributed by atoms with van der Waals surface area (Å²) in [6.45, 7) is 3.91. The lowest BCUT2D eigenvalue weighted by Gasteiger charge is -2.30. The molecule has 0 aliphatic heterocycles. The third-order valence-corrected chi connectivity index (χ3v) is 3.49. The van der Waals surface area contributed by atoms with Crippen LogP contribution in [-0.2, 0) is 15.1 Å². The normalized spacial score (nSPS) is 13.3. The van der Waals surface area contributed by atoms with Crippen LogP contribution >= 0.6 is 11.6 Å². The molecule has 0 heterocycles. The lowest BCUT2D eigenvalue weighted by molar-refractivity contribution is -0.148. The molecule has 0 saturated heterocycles. The molecule has 2 aromatic rings. The van der Waals surface area contributed by atoms with Crippen molar-refractivity contribution in [2.75, 3.05) is 11.9 Å². The largest absolute Gasteiger partial charge is 0.464 e. The van der Waals surface area contributed by atoms with Crippen molar-refractivity contribution in [3.05, 3.63) is 65.2 Å². The summed E-state index contributed by atoms with van der Waals surface area (Å²) in [5, 5.41) is 3.83. The van der Waals surface area contributed by atoms with E-state index in [1.165, 1.54) is 0 Å². The molecule has 0 amide bonds. The van der Waals surface area contributed by atoms with Gasteiger partial charge in [0.1, 0.15) is 0 Å². The minimum absolute atomic E-state index is 0.325. The second kappa shape index (κ2) is 6.64. The van der Waals surface area contributed by atoms with E-state index in [-0.39, 0.29) is 5.97 Å². The Balaban J connectivity index is 2.41. The first-order valence-corrected chi connectivity index (χ1v) is 7.20. The first-order valence-electron chi connectivity index (χ1n) is 6.83. The number of carbonyl (C=O) groups excluding carboxylic acids is 1. The number of para-hydroxylation sites is 1. The van der Waals surface area contributed by atoms with Gasteiger partial charge in [-0.1, -0.05) is 41.9 Å². The van der Waals surface area contributed by atoms with Gasteiger partial charge in [-0.15, -0.1) is 0 Å². The number of rotatable bonds is 5. The smallest absolute Gasteiger partial charge is 0.336 e. The summed E-state index contributed by atoms with van der Waals surface area (Å²) in [7, 11) is 0. The van der Waals surface area contributed by atoms with Gasteiger partial charge in [-0.25, -0.2) is 4.79 Å². The maximum atomic E-state index is 12.5. The summed E-state index contributed by atoms with van der Waals surface area (Å²) in [6, 6.07) is 16.8. The summed E-state index contributed by atoms with van der Waals surface area (Å²) in [4.78, 5) is 12.5. The third-order valence-electron chi connectivity index (χ3n) is 3.25. The van der Waals surface area contributed by atoms with Gasteiger partial charge in [0, 0.05) is 10.7 Å². The van der Waals surface area contributed by atoms with Crippen molar-refractivity contribution in [3.8, 4) is 0 Å². The SMILES string of the molecule is CCOC(=O)C(C)(Nc1ccccc1)c1cccc(Cl)c1. The number of carbonyl (C=O) groups is 1. The van der Waals surface area contributed by atoms with Crippen LogP contribution in [0.5, 0.6) is 0 Å². The Morgan fingerprint density at radius 1 is 1.19 bits per heavy atom. The summed E-state index contributed by atoms with van der Waals surface area (Å²) in [5.41, 5.74) is 0.604. The molecule has 1 atom stereocenters. The van der Waals surface area contributed by atoms with Crippen LogP contribution in [0.1, 0.15) is 19.4 Å². The molecule has 0 aromatic heterocycles. The van der Waals surface area contributed by atoms with E-state index in [2.05, 4.69) is 5.32 Å². The molecule has 2 aromatic carbocycles. The van der Waals surface area contributed by atoms with Crippen LogP contribution < -0.4 is 5.32 Å². The fourth-order valence-corrected chi connectivity index (χ4v) is 2.32. The quantitative estimate of drug-likeness (QED) is 0.840. The molecule has 0 bridgehead atoms. The molecular weight excluding hydrogens is 286 g/mol. The third kappa shape index (κ3) is 3.56. The fourth-order valence-electron chi connectivity index (χ4n) is 2.13. The fraction of sp³-hybridized carbons (Fsp3) is 0.235. The number of esters is 1. The number of hydrogen-bond donors (Lipinski definition) is 1. The molecule has 0 fully saturated rings. The Morgan fingerprint density at radius 2 is 1.90 bits per heavy atom. The van der Waals surface area contributed by atoms with Gasteiger partial charge in [0.2, 0.25) is 0 Å². The number of hydrogen-bond acceptors (Lipinski definition) is 3. The van der Waals surface area contributed by atoms with Crippen LogP contribution in [0, 0.1) is 0 Å². The van der Waals surface area contributed by atoms with E-state index < -0.39 is 5.54 Å². The average molecular weight is 304 g/mol. The van der Waals surface area contributed by atoms with E-state index in [1.54, 1.807) is 26.0 Å². The molecule has 110 valence electrons. The second-order valence-electron chi connectivity index (χ2n) is 4.85. The van der Waals surface area contributed by atoms with Crippen LogP contribution in [0.25, 0.3) is 0 Å². The summed E-state index contributed by atoms with van der Waals surface area (Å²) < 4.78 is 5.23. The van der Waals surface area contributed by atoms with Gasteiger partial charge in [-0.05, 0) is 43.7 Å². The van der Waals surface area contributed by atoms with Gasteiger partial charge in [-0.2, -0.15) is 0 Å². The Hall–Kier alpha value is -2.00. The van der Waals surface area contributed by atoms with Crippen molar-refractivity contribution < 1.29 is 9.53 Å². The molecule has 0 aliphatic carbocycles. The van der Waals surface area contributed by atoms with Gasteiger partial charge in [0.05, 0.1) is 6.61 Å². The number of nitrogens with one attached hydrogen (secondary N) is 1. The number of benzene rings is 2. The zero-order valence-electron chi connectivity index (χ0n) is 12.1. The predicted molar refractivity (Wildman–Crippen MR) is 85.5 cm³/mol. The van der Waals surface area contributed by atoms with Gasteiger partial charge in [-0.3, -0.25) is 0 Å². The monoisotopic (exact) mass is 303 g/mol. The lowest BCUT2D eigenvalue weighted by Crippen LogP contribution is -2.42. The standard InChI is InChI=1S/C17H18ClNO2/c1-3-21-16(20)17(2,13-8-7-9-14(18)12-13)19-15-10-5-4-6-11-15/h4-12,19H,3H2,1-2H3. The average Bonchev–Trinajstić information content (AvgIpc) is 2.48. The number of anilines is 1. The van der Waals surface area contributed by atoms with Crippen molar-refractivity contribution in [2.45, 2.75) is 19.4 Å². The summed E-state index contributed by atoms with van der Waals surface area (Å²) in [5.74, 6) is -0.337. The lowest BCUT2D eigenvalue weighted by atomic mass is 9.91. The maximum Gasteiger partial charge on any atom is 0.336 e. The van der Waals surface area contributed by atoms with Crippen molar-refractivity contribution in [3.63, 3.8) is 0 Å². The molecule has 1 unspecified atom stereocenters. The number of ether oxygens (including phenoxy) is 1. The highest BCUT2D eigenvalue weighted by molar-refractivity contribution is 6.30. The van der Waals surface area contributed by atoms with E-state index in [4.69, 9.17) is 16.3 Å². The molecule has 3 nitrogen and oxygen atoms in total. The van der Waals surface area contributed by atoms with Crippen LogP contribution in [-0.4, -0.2) is 12.6 Å². The predicted octanol–water partition coefficient (Wildman–Crippen LogP) is 4.23. The van der Waals surface area contributed by atoms with Crippen molar-refractivity contribution in [1.82, 2.24) is 0 Å². The zero-order chi connectivity index (χ0) is 15.3. The molecule has 2 rings (SSSR count). The number of halogens is 1. The van der Waals surface area contributed by atoms with E-state index in [9.17, 15) is 4.79 Å². The van der Waals surface area contributed by atoms with Crippen molar-refractivity contribution in [2.24, 2.45) is 0 Å².